The summed E-state index contributed by atoms with van der Waals surface area (Å²) in [6.07, 6.45) is 0.474. The zero-order chi connectivity index (χ0) is 16.4. The molecule has 0 bridgehead atoms. The predicted molar refractivity (Wildman–Crippen MR) is 86.4 cm³/mol. The highest BCUT2D eigenvalue weighted by molar-refractivity contribution is 5.99. The highest BCUT2D eigenvalue weighted by atomic mass is 16.2. The number of aliphatic imine (C=N–C) groups is 1. The van der Waals surface area contributed by atoms with Gasteiger partial charge in [-0.2, -0.15) is 10.2 Å². The van der Waals surface area contributed by atoms with Crippen molar-refractivity contribution in [3.63, 3.8) is 0 Å². The van der Waals surface area contributed by atoms with E-state index in [-0.39, 0.29) is 0 Å². The lowest BCUT2D eigenvalue weighted by Crippen LogP contribution is -1.97. The van der Waals surface area contributed by atoms with Gasteiger partial charge in [-0.05, 0) is 21.9 Å². The van der Waals surface area contributed by atoms with Crippen LogP contribution in [0.1, 0.15) is 5.56 Å². The maximum atomic E-state index is 11.0. The number of rotatable bonds is 4. The molecule has 116 valence electrons. The fourth-order valence-electron chi connectivity index (χ4n) is 2.52. The zero-order valence-electron chi connectivity index (χ0n) is 12.4. The molecule has 24 heavy (non-hydrogen) atoms. The Balaban J connectivity index is 1.63. The average molecular weight is 317 g/mol. The first-order chi connectivity index (χ1) is 11.8. The number of nitrogens with zero attached hydrogens (tertiary/aromatic N) is 6. The summed E-state index contributed by atoms with van der Waals surface area (Å²) in [6.45, 7) is 0. The van der Waals surface area contributed by atoms with Gasteiger partial charge in [0.15, 0.2) is 5.84 Å². The molecular formula is C16H11N7O. The van der Waals surface area contributed by atoms with Crippen molar-refractivity contribution in [3.8, 4) is 22.5 Å². The number of hydrogen-bond acceptors (Lipinski definition) is 5. The SMILES string of the molecule is O=C1N=NC(Cc2ccc(-c3ccccc3-c3nn[nH]n3)cc2)=N1. The van der Waals surface area contributed by atoms with Crippen LogP contribution in [0, 0.1) is 0 Å². The van der Waals surface area contributed by atoms with E-state index < -0.39 is 6.03 Å². The number of amides is 2. The molecule has 4 rings (SSSR count). The molecule has 0 spiro atoms. The Hall–Kier alpha value is -3.55. The van der Waals surface area contributed by atoms with E-state index in [0.29, 0.717) is 18.1 Å². The maximum Gasteiger partial charge on any atom is 0.387 e. The van der Waals surface area contributed by atoms with Crippen molar-refractivity contribution in [2.24, 2.45) is 15.2 Å². The number of azo groups is 1. The van der Waals surface area contributed by atoms with Gasteiger partial charge in [-0.3, -0.25) is 0 Å². The molecule has 0 saturated carbocycles. The molecule has 8 heteroatoms. The lowest BCUT2D eigenvalue weighted by Gasteiger charge is -2.07. The summed E-state index contributed by atoms with van der Waals surface area (Å²) in [6, 6.07) is 15.3. The van der Waals surface area contributed by atoms with Crippen LogP contribution in [0.3, 0.4) is 0 Å². The smallest absolute Gasteiger partial charge is 0.242 e. The first kappa shape index (κ1) is 14.1. The zero-order valence-corrected chi connectivity index (χ0v) is 12.4. The second kappa shape index (κ2) is 5.92. The molecule has 0 aliphatic carbocycles. The third kappa shape index (κ3) is 2.72. The number of H-pyrrole nitrogens is 1. The van der Waals surface area contributed by atoms with Crippen molar-refractivity contribution in [1.29, 1.82) is 0 Å². The number of nitrogens with one attached hydrogen (secondary N) is 1. The van der Waals surface area contributed by atoms with Gasteiger partial charge in [0.2, 0.25) is 5.82 Å². The van der Waals surface area contributed by atoms with Crippen LogP contribution in [0.25, 0.3) is 22.5 Å². The van der Waals surface area contributed by atoms with Crippen LogP contribution in [0.4, 0.5) is 4.79 Å². The second-order valence-corrected chi connectivity index (χ2v) is 5.17. The van der Waals surface area contributed by atoms with E-state index in [4.69, 9.17) is 0 Å². The first-order valence-electron chi connectivity index (χ1n) is 7.25. The number of hydrogen-bond donors (Lipinski definition) is 1. The Morgan fingerprint density at radius 2 is 1.71 bits per heavy atom. The van der Waals surface area contributed by atoms with Crippen LogP contribution in [-0.4, -0.2) is 32.5 Å². The fraction of sp³-hybridized carbons (Fsp3) is 0.0625. The van der Waals surface area contributed by atoms with Crippen LogP contribution in [0.15, 0.2) is 63.8 Å². The van der Waals surface area contributed by atoms with E-state index in [0.717, 1.165) is 22.3 Å². The summed E-state index contributed by atoms with van der Waals surface area (Å²) in [5, 5.41) is 21.3. The Morgan fingerprint density at radius 1 is 0.917 bits per heavy atom. The normalized spacial score (nSPS) is 13.3. The van der Waals surface area contributed by atoms with Crippen LogP contribution >= 0.6 is 0 Å². The average Bonchev–Trinajstić information content (AvgIpc) is 3.28. The molecule has 3 aromatic rings. The first-order valence-corrected chi connectivity index (χ1v) is 7.25. The molecule has 1 N–H and O–H groups in total. The van der Waals surface area contributed by atoms with Crippen molar-refractivity contribution < 1.29 is 4.79 Å². The van der Waals surface area contributed by atoms with Gasteiger partial charge in [-0.15, -0.1) is 15.3 Å². The van der Waals surface area contributed by atoms with Crippen LogP contribution < -0.4 is 0 Å². The number of benzene rings is 2. The minimum Gasteiger partial charge on any atom is -0.242 e. The third-order valence-corrected chi connectivity index (χ3v) is 3.62. The van der Waals surface area contributed by atoms with E-state index in [1.54, 1.807) is 0 Å². The molecule has 0 radical (unpaired) electrons. The molecular weight excluding hydrogens is 306 g/mol. The molecule has 1 aliphatic heterocycles. The monoisotopic (exact) mass is 317 g/mol. The highest BCUT2D eigenvalue weighted by Gasteiger charge is 2.12. The number of tetrazole rings is 1. The summed E-state index contributed by atoms with van der Waals surface area (Å²) in [4.78, 5) is 14.7. The number of aromatic amines is 1. The van der Waals surface area contributed by atoms with Crippen molar-refractivity contribution in [1.82, 2.24) is 20.6 Å². The lowest BCUT2D eigenvalue weighted by atomic mass is 9.98. The van der Waals surface area contributed by atoms with Crippen LogP contribution in [0.2, 0.25) is 0 Å². The number of amidine groups is 1. The van der Waals surface area contributed by atoms with E-state index >= 15 is 0 Å². The van der Waals surface area contributed by atoms with Crippen molar-refractivity contribution in [2.45, 2.75) is 6.42 Å². The van der Waals surface area contributed by atoms with Crippen LogP contribution in [-0.2, 0) is 6.42 Å². The minimum absolute atomic E-state index is 0.431. The third-order valence-electron chi connectivity index (χ3n) is 3.62. The number of urea groups is 1. The number of carbonyl (C=O) groups is 1. The van der Waals surface area contributed by atoms with Gasteiger partial charge < -0.3 is 0 Å². The van der Waals surface area contributed by atoms with E-state index in [9.17, 15) is 4.79 Å². The Morgan fingerprint density at radius 3 is 2.38 bits per heavy atom. The summed E-state index contributed by atoms with van der Waals surface area (Å²) < 4.78 is 0. The molecule has 8 nitrogen and oxygen atoms in total. The van der Waals surface area contributed by atoms with E-state index in [1.165, 1.54) is 0 Å². The van der Waals surface area contributed by atoms with Crippen molar-refractivity contribution in [3.05, 3.63) is 54.1 Å². The number of aromatic nitrogens is 4. The quantitative estimate of drug-likeness (QED) is 0.797. The Bertz CT molecular complexity index is 943. The molecule has 1 aromatic heterocycles. The van der Waals surface area contributed by atoms with Gasteiger partial charge >= 0.3 is 6.03 Å². The molecule has 2 aromatic carbocycles. The van der Waals surface area contributed by atoms with Crippen molar-refractivity contribution >= 4 is 11.9 Å². The molecule has 0 fully saturated rings. The van der Waals surface area contributed by atoms with Gasteiger partial charge in [0, 0.05) is 12.0 Å². The largest absolute Gasteiger partial charge is 0.387 e. The minimum atomic E-state index is -0.546. The lowest BCUT2D eigenvalue weighted by molar-refractivity contribution is 0.257. The second-order valence-electron chi connectivity index (χ2n) is 5.17. The number of carbonyl (C=O) groups excluding carboxylic acids is 1. The molecule has 0 atom stereocenters. The summed E-state index contributed by atoms with van der Waals surface area (Å²) in [5.74, 6) is 0.980. The predicted octanol–water partition coefficient (Wildman–Crippen LogP) is 3.06. The van der Waals surface area contributed by atoms with E-state index in [2.05, 4.69) is 35.8 Å². The van der Waals surface area contributed by atoms with Gasteiger partial charge in [-0.25, -0.2) is 4.79 Å². The topological polar surface area (TPSA) is 109 Å². The van der Waals surface area contributed by atoms with Gasteiger partial charge in [0.25, 0.3) is 0 Å². The van der Waals surface area contributed by atoms with Gasteiger partial charge in [0.05, 0.1) is 0 Å². The molecule has 1 aliphatic rings. The van der Waals surface area contributed by atoms with Crippen LogP contribution in [0.5, 0.6) is 0 Å². The summed E-state index contributed by atoms with van der Waals surface area (Å²) in [7, 11) is 0. The Kier molecular flexibility index (Phi) is 3.47. The van der Waals surface area contributed by atoms with Crippen molar-refractivity contribution in [2.75, 3.05) is 0 Å². The summed E-state index contributed by atoms with van der Waals surface area (Å²) >= 11 is 0. The Labute approximate surface area is 136 Å². The highest BCUT2D eigenvalue weighted by Crippen LogP contribution is 2.29. The molecule has 2 heterocycles. The molecule has 0 saturated heterocycles. The maximum absolute atomic E-state index is 11.0. The standard InChI is InChI=1S/C16H11N7O/c24-16-17-14(18-21-16)9-10-5-7-11(8-6-10)12-3-1-2-4-13(12)15-19-22-23-20-15/h1-8H,9H2,(H,19,20,22,23). The fourth-order valence-corrected chi connectivity index (χ4v) is 2.52. The molecule has 2 amide bonds. The molecule has 0 unspecified atom stereocenters. The summed E-state index contributed by atoms with van der Waals surface area (Å²) in [5.41, 5.74) is 3.95. The van der Waals surface area contributed by atoms with Gasteiger partial charge in [-0.1, -0.05) is 53.6 Å². The van der Waals surface area contributed by atoms with E-state index in [1.807, 2.05) is 48.5 Å². The van der Waals surface area contributed by atoms with Gasteiger partial charge in [0.1, 0.15) is 0 Å².